The van der Waals surface area contributed by atoms with Gasteiger partial charge in [0.05, 0.1) is 24.7 Å². The molecule has 0 saturated carbocycles. The topological polar surface area (TPSA) is 101 Å². The van der Waals surface area contributed by atoms with Crippen molar-refractivity contribution in [2.75, 3.05) is 7.11 Å². The van der Waals surface area contributed by atoms with Gasteiger partial charge in [0.25, 0.3) is 0 Å². The van der Waals surface area contributed by atoms with E-state index in [1.807, 2.05) is 20.8 Å². The van der Waals surface area contributed by atoms with Crippen LogP contribution in [-0.4, -0.2) is 35.7 Å². The molecular formula is C17H25F2N5O2S. The second-order valence-electron chi connectivity index (χ2n) is 6.24. The Hall–Kier alpha value is -2.88. The molecule has 27 heavy (non-hydrogen) atoms. The number of hydrogen-bond acceptors (Lipinski definition) is 6. The highest BCUT2D eigenvalue weighted by Crippen LogP contribution is 2.19. The van der Waals surface area contributed by atoms with Crippen LogP contribution in [-0.2, 0) is 9.53 Å². The number of methoxy groups -OCH3 is 1. The van der Waals surface area contributed by atoms with E-state index in [0.29, 0.717) is 6.07 Å². The predicted molar refractivity (Wildman–Crippen MR) is 109 cm³/mol. The van der Waals surface area contributed by atoms with Crippen molar-refractivity contribution < 1.29 is 21.2 Å². The molecule has 0 unspecified atom stereocenters. The van der Waals surface area contributed by atoms with Crippen molar-refractivity contribution in [3.63, 3.8) is 0 Å². The Morgan fingerprint density at radius 1 is 1.37 bits per heavy atom. The average molecular weight is 401 g/mol. The van der Waals surface area contributed by atoms with Crippen LogP contribution in [0.2, 0.25) is 0 Å². The summed E-state index contributed by atoms with van der Waals surface area (Å²) in [5.74, 6) is -2.48. The Morgan fingerprint density at radius 3 is 2.56 bits per heavy atom. The van der Waals surface area contributed by atoms with E-state index in [4.69, 9.17) is 18.0 Å². The molecule has 0 saturated heterocycles. The number of rotatable bonds is 5. The molecule has 0 aromatic heterocycles. The van der Waals surface area contributed by atoms with Gasteiger partial charge in [-0.05, 0) is 45.1 Å². The van der Waals surface area contributed by atoms with Gasteiger partial charge in [-0.2, -0.15) is 5.10 Å². The van der Waals surface area contributed by atoms with Crippen LogP contribution < -0.4 is 16.5 Å². The normalized spacial score (nSPS) is 12.8. The van der Waals surface area contributed by atoms with Gasteiger partial charge in [0.15, 0.2) is 10.9 Å². The number of carbonyl (C=O) groups excluding carboxylic acids is 1. The lowest BCUT2D eigenvalue weighted by atomic mass is 10.1. The van der Waals surface area contributed by atoms with E-state index >= 15 is 0 Å². The van der Waals surface area contributed by atoms with Crippen molar-refractivity contribution in [2.45, 2.75) is 26.3 Å². The van der Waals surface area contributed by atoms with Crippen molar-refractivity contribution in [1.82, 2.24) is 10.7 Å². The fourth-order valence-corrected chi connectivity index (χ4v) is 2.11. The number of halogens is 2. The lowest BCUT2D eigenvalue weighted by Crippen LogP contribution is -2.44. The van der Waals surface area contributed by atoms with E-state index in [0.717, 1.165) is 31.7 Å². The maximum absolute atomic E-state index is 13.9. The first-order valence-corrected chi connectivity index (χ1v) is 8.13. The van der Waals surface area contributed by atoms with E-state index in [9.17, 15) is 13.6 Å². The summed E-state index contributed by atoms with van der Waals surface area (Å²) in [6, 6.07) is 2.81. The van der Waals surface area contributed by atoms with Gasteiger partial charge in [0, 0.05) is 20.7 Å². The van der Waals surface area contributed by atoms with Crippen LogP contribution in [0.5, 0.6) is 0 Å². The number of carbonyl (C=O) groups is 1. The molecule has 7 nitrogen and oxygen atoms in total. The number of esters is 1. The Bertz CT molecular complexity index is 812. The number of nitrogens with two attached hydrogens (primary N) is 1. The smallest absolute Gasteiger partial charge is 0.341 e. The number of hydrogen-bond donors (Lipinski definition) is 3. The van der Waals surface area contributed by atoms with Gasteiger partial charge in [-0.1, -0.05) is 0 Å². The van der Waals surface area contributed by atoms with E-state index < -0.39 is 17.6 Å². The highest BCUT2D eigenvalue weighted by molar-refractivity contribution is 7.80. The average Bonchev–Trinajstić information content (AvgIpc) is 2.55. The van der Waals surface area contributed by atoms with Crippen molar-refractivity contribution in [1.29, 1.82) is 0 Å². The highest BCUT2D eigenvalue weighted by Gasteiger charge is 2.17. The van der Waals surface area contributed by atoms with Crippen LogP contribution in [0.3, 0.4) is 0 Å². The Morgan fingerprint density at radius 2 is 2.04 bits per heavy atom. The Kier molecular flexibility index (Phi) is 7.98. The Labute approximate surface area is 164 Å². The third-order valence-corrected chi connectivity index (χ3v) is 3.03. The fourth-order valence-electron chi connectivity index (χ4n) is 1.75. The summed E-state index contributed by atoms with van der Waals surface area (Å²) in [7, 11) is 1.15. The molecule has 0 fully saturated rings. The minimum Gasteiger partial charge on any atom is -0.465 e. The van der Waals surface area contributed by atoms with Crippen LogP contribution >= 0.6 is 12.2 Å². The zero-order chi connectivity index (χ0) is 20.6. The Balaban J connectivity index is 0. The first-order chi connectivity index (χ1) is 12.6. The van der Waals surface area contributed by atoms with Gasteiger partial charge in [-0.15, -0.1) is 0 Å². The first-order valence-electron chi connectivity index (χ1n) is 7.73. The van der Waals surface area contributed by atoms with Crippen molar-refractivity contribution >= 4 is 40.9 Å². The van der Waals surface area contributed by atoms with Crippen LogP contribution in [0.1, 0.15) is 23.6 Å². The second kappa shape index (κ2) is 9.72. The van der Waals surface area contributed by atoms with Gasteiger partial charge < -0.3 is 15.8 Å². The number of nitrogens with one attached hydrogen (secondary N) is 2. The summed E-state index contributed by atoms with van der Waals surface area (Å²) >= 11 is 5.08. The van der Waals surface area contributed by atoms with Crippen LogP contribution in [0.15, 0.2) is 40.1 Å². The maximum Gasteiger partial charge on any atom is 0.341 e. The molecule has 150 valence electrons. The van der Waals surface area contributed by atoms with Gasteiger partial charge in [-0.3, -0.25) is 5.43 Å². The SMILES string of the molecule is COC(=O)/C(=C/N)C(/C=N/NC(=S)NC(C)(C)C)=Nc1ccc(F)cc1F.[HH].[HH]. The molecule has 0 bridgehead atoms. The lowest BCUT2D eigenvalue weighted by Gasteiger charge is -2.21. The van der Waals surface area contributed by atoms with Gasteiger partial charge in [0.2, 0.25) is 0 Å². The molecule has 1 rings (SSSR count). The molecule has 0 spiro atoms. The molecule has 1 aromatic carbocycles. The molecule has 0 atom stereocenters. The second-order valence-corrected chi connectivity index (χ2v) is 6.65. The van der Waals surface area contributed by atoms with Crippen molar-refractivity contribution in [2.24, 2.45) is 15.8 Å². The predicted octanol–water partition coefficient (Wildman–Crippen LogP) is 2.79. The van der Waals surface area contributed by atoms with Crippen molar-refractivity contribution in [3.8, 4) is 0 Å². The first kappa shape index (κ1) is 22.2. The lowest BCUT2D eigenvalue weighted by molar-refractivity contribution is -0.135. The van der Waals surface area contributed by atoms with E-state index in [1.165, 1.54) is 0 Å². The largest absolute Gasteiger partial charge is 0.465 e. The third kappa shape index (κ3) is 7.48. The zero-order valence-electron chi connectivity index (χ0n) is 15.3. The van der Waals surface area contributed by atoms with Crippen LogP contribution in [0, 0.1) is 11.6 Å². The van der Waals surface area contributed by atoms with E-state index in [2.05, 4.69) is 25.6 Å². The maximum atomic E-state index is 13.9. The minimum atomic E-state index is -0.917. The quantitative estimate of drug-likeness (QED) is 0.231. The molecular weight excluding hydrogens is 376 g/mol. The van der Waals surface area contributed by atoms with Gasteiger partial charge in [-0.25, -0.2) is 18.6 Å². The minimum absolute atomic E-state index is 0. The molecule has 0 amide bonds. The van der Waals surface area contributed by atoms with Crippen molar-refractivity contribution in [3.05, 3.63) is 41.6 Å². The van der Waals surface area contributed by atoms with Crippen LogP contribution in [0.4, 0.5) is 14.5 Å². The van der Waals surface area contributed by atoms with E-state index in [1.54, 1.807) is 0 Å². The standard InChI is InChI=1S/C17H21F2N5O2S.2H2/c1-17(2,3)23-16(27)24-21-9-14(11(8-20)15(25)26-4)22-13-6-5-10(18)7-12(13)19;;/h5-9H,20H2,1-4H3,(H2,23,24,27);2*1H/b11-8+,21-9+,22-14?;;. The fraction of sp³-hybridized carbons (Fsp3) is 0.294. The molecule has 0 aliphatic heterocycles. The zero-order valence-corrected chi connectivity index (χ0v) is 16.2. The number of thiocarbonyl (C=S) groups is 1. The monoisotopic (exact) mass is 401 g/mol. The molecule has 0 aliphatic carbocycles. The van der Waals surface area contributed by atoms with E-state index in [-0.39, 0.29) is 30.5 Å². The molecule has 4 N–H and O–H groups in total. The molecule has 10 heteroatoms. The number of aliphatic imine (C=N–C) groups is 1. The molecule has 0 aliphatic rings. The number of nitrogens with zero attached hydrogens (tertiary/aromatic N) is 2. The van der Waals surface area contributed by atoms with Crippen LogP contribution in [0.25, 0.3) is 0 Å². The summed E-state index contributed by atoms with van der Waals surface area (Å²) in [4.78, 5) is 15.9. The van der Waals surface area contributed by atoms with Gasteiger partial charge >= 0.3 is 5.97 Å². The number of benzene rings is 1. The summed E-state index contributed by atoms with van der Waals surface area (Å²) in [6.07, 6.45) is 2.07. The summed E-state index contributed by atoms with van der Waals surface area (Å²) < 4.78 is 31.6. The summed E-state index contributed by atoms with van der Waals surface area (Å²) in [6.45, 7) is 5.71. The number of ether oxygens (including phenoxy) is 1. The molecule has 0 radical (unpaired) electrons. The summed E-state index contributed by atoms with van der Waals surface area (Å²) in [5, 5.41) is 7.07. The molecule has 0 heterocycles. The highest BCUT2D eigenvalue weighted by atomic mass is 32.1. The third-order valence-electron chi connectivity index (χ3n) is 2.84. The van der Waals surface area contributed by atoms with Gasteiger partial charge in [0.1, 0.15) is 11.4 Å². The summed E-state index contributed by atoms with van der Waals surface area (Å²) in [5.41, 5.74) is 7.24. The molecule has 1 aromatic rings. The number of hydrazone groups is 1.